The summed E-state index contributed by atoms with van der Waals surface area (Å²) in [7, 11) is 1.73. The van der Waals surface area contributed by atoms with Gasteiger partial charge in [0.25, 0.3) is 5.91 Å². The number of rotatable bonds is 5. The van der Waals surface area contributed by atoms with E-state index in [1.807, 2.05) is 42.5 Å². The van der Waals surface area contributed by atoms with Crippen LogP contribution in [-0.2, 0) is 6.54 Å². The number of carbonyl (C=O) groups is 1. The van der Waals surface area contributed by atoms with E-state index in [1.165, 1.54) is 16.3 Å². The Morgan fingerprint density at radius 1 is 0.971 bits per heavy atom. The molecular formula is C31H28N2O2. The van der Waals surface area contributed by atoms with E-state index in [9.17, 15) is 4.79 Å². The van der Waals surface area contributed by atoms with Crippen molar-refractivity contribution in [1.82, 2.24) is 5.32 Å². The zero-order valence-electron chi connectivity index (χ0n) is 19.7. The van der Waals surface area contributed by atoms with Gasteiger partial charge in [0, 0.05) is 18.0 Å². The van der Waals surface area contributed by atoms with Crippen LogP contribution in [0, 0.1) is 5.92 Å². The lowest BCUT2D eigenvalue weighted by Gasteiger charge is -2.39. The Kier molecular flexibility index (Phi) is 5.49. The molecule has 2 N–H and O–H groups in total. The number of methoxy groups -OCH3 is 1. The van der Waals surface area contributed by atoms with Crippen LogP contribution in [0.4, 0.5) is 5.69 Å². The lowest BCUT2D eigenvalue weighted by Crippen LogP contribution is -2.32. The molecule has 0 saturated heterocycles. The molecule has 6 rings (SSSR count). The highest BCUT2D eigenvalue weighted by Gasteiger charge is 2.40. The van der Waals surface area contributed by atoms with Crippen molar-refractivity contribution < 1.29 is 9.53 Å². The fourth-order valence-electron chi connectivity index (χ4n) is 5.74. The van der Waals surface area contributed by atoms with Crippen molar-refractivity contribution in [3.63, 3.8) is 0 Å². The predicted octanol–water partition coefficient (Wildman–Crippen LogP) is 6.60. The first-order chi connectivity index (χ1) is 17.2. The highest BCUT2D eigenvalue weighted by atomic mass is 16.5. The number of amides is 1. The summed E-state index contributed by atoms with van der Waals surface area (Å²) in [6, 6.07) is 28.7. The standard InChI is InChI=1S/C31H28N2O2/c1-35-27-18-17-21-11-5-6-12-22(21)28(27)30-25-15-7-13-23(25)24-14-8-16-26(29(24)33-30)31(34)32-19-20-9-3-2-4-10-20/h2-14,16-18,23,25,30,33H,15,19H2,1H3,(H,32,34). The van der Waals surface area contributed by atoms with Crippen LogP contribution in [0.25, 0.3) is 10.8 Å². The van der Waals surface area contributed by atoms with Crippen LogP contribution >= 0.6 is 0 Å². The second-order valence-corrected chi connectivity index (χ2v) is 9.32. The number of fused-ring (bicyclic) bond motifs is 4. The quantitative estimate of drug-likeness (QED) is 0.330. The third-order valence-electron chi connectivity index (χ3n) is 7.40. The van der Waals surface area contributed by atoms with E-state index in [4.69, 9.17) is 4.74 Å². The average Bonchev–Trinajstić information content (AvgIpc) is 3.41. The normalized spacial score (nSPS) is 20.1. The minimum Gasteiger partial charge on any atom is -0.496 e. The summed E-state index contributed by atoms with van der Waals surface area (Å²) in [4.78, 5) is 13.4. The summed E-state index contributed by atoms with van der Waals surface area (Å²) in [5.74, 6) is 1.41. The molecule has 1 aliphatic heterocycles. The van der Waals surface area contributed by atoms with Crippen LogP contribution in [0.15, 0.2) is 97.1 Å². The number of allylic oxidation sites excluding steroid dienone is 2. The largest absolute Gasteiger partial charge is 0.496 e. The van der Waals surface area contributed by atoms with Crippen LogP contribution in [0.5, 0.6) is 5.75 Å². The summed E-state index contributed by atoms with van der Waals surface area (Å²) in [6.07, 6.45) is 5.57. The number of benzene rings is 4. The van der Waals surface area contributed by atoms with E-state index in [-0.39, 0.29) is 17.9 Å². The first-order valence-corrected chi connectivity index (χ1v) is 12.2. The smallest absolute Gasteiger partial charge is 0.253 e. The highest BCUT2D eigenvalue weighted by Crippen LogP contribution is 2.53. The van der Waals surface area contributed by atoms with Gasteiger partial charge in [-0.2, -0.15) is 0 Å². The molecule has 3 atom stereocenters. The molecule has 0 fully saturated rings. The molecule has 4 aromatic carbocycles. The summed E-state index contributed by atoms with van der Waals surface area (Å²) < 4.78 is 5.87. The minimum atomic E-state index is -0.0673. The summed E-state index contributed by atoms with van der Waals surface area (Å²) in [6.45, 7) is 0.496. The van der Waals surface area contributed by atoms with Crippen LogP contribution in [-0.4, -0.2) is 13.0 Å². The van der Waals surface area contributed by atoms with Crippen molar-refractivity contribution in [1.29, 1.82) is 0 Å². The number of ether oxygens (including phenoxy) is 1. The molecule has 0 bridgehead atoms. The van der Waals surface area contributed by atoms with E-state index >= 15 is 0 Å². The Hall–Kier alpha value is -4.05. The molecule has 35 heavy (non-hydrogen) atoms. The minimum absolute atomic E-state index is 0.0200. The van der Waals surface area contributed by atoms with Crippen LogP contribution in [0.2, 0.25) is 0 Å². The van der Waals surface area contributed by atoms with Gasteiger partial charge in [0.2, 0.25) is 0 Å². The van der Waals surface area contributed by atoms with Gasteiger partial charge in [-0.25, -0.2) is 0 Å². The van der Waals surface area contributed by atoms with Crippen molar-refractivity contribution in [2.24, 2.45) is 5.92 Å². The molecule has 4 nitrogen and oxygen atoms in total. The van der Waals surface area contributed by atoms with Gasteiger partial charge >= 0.3 is 0 Å². The van der Waals surface area contributed by atoms with Gasteiger partial charge in [-0.15, -0.1) is 0 Å². The third kappa shape index (κ3) is 3.75. The molecule has 0 spiro atoms. The van der Waals surface area contributed by atoms with Crippen LogP contribution < -0.4 is 15.4 Å². The van der Waals surface area contributed by atoms with Crippen LogP contribution in [0.1, 0.15) is 45.4 Å². The predicted molar refractivity (Wildman–Crippen MR) is 141 cm³/mol. The monoisotopic (exact) mass is 460 g/mol. The second-order valence-electron chi connectivity index (χ2n) is 9.32. The third-order valence-corrected chi connectivity index (χ3v) is 7.40. The zero-order valence-corrected chi connectivity index (χ0v) is 19.7. The number of nitrogens with one attached hydrogen (secondary N) is 2. The summed E-state index contributed by atoms with van der Waals surface area (Å²) in [5.41, 5.74) is 5.03. The van der Waals surface area contributed by atoms with Gasteiger partial charge in [0.05, 0.1) is 24.4 Å². The Morgan fingerprint density at radius 2 is 1.80 bits per heavy atom. The lowest BCUT2D eigenvalue weighted by molar-refractivity contribution is 0.0951. The maximum Gasteiger partial charge on any atom is 0.253 e. The van der Waals surface area contributed by atoms with Gasteiger partial charge < -0.3 is 15.4 Å². The van der Waals surface area contributed by atoms with Crippen LogP contribution in [0.3, 0.4) is 0 Å². The Balaban J connectivity index is 1.42. The zero-order chi connectivity index (χ0) is 23.8. The van der Waals surface area contributed by atoms with Crippen molar-refractivity contribution >= 4 is 22.4 Å². The molecular weight excluding hydrogens is 432 g/mol. The molecule has 174 valence electrons. The van der Waals surface area contributed by atoms with Crippen molar-refractivity contribution in [2.45, 2.75) is 24.9 Å². The number of anilines is 1. The van der Waals surface area contributed by atoms with Gasteiger partial charge in [-0.1, -0.05) is 84.9 Å². The van der Waals surface area contributed by atoms with Gasteiger partial charge in [-0.05, 0) is 46.4 Å². The molecule has 1 heterocycles. The number of hydrogen-bond acceptors (Lipinski definition) is 3. The van der Waals surface area contributed by atoms with Gasteiger partial charge in [0.15, 0.2) is 0 Å². The first-order valence-electron chi connectivity index (χ1n) is 12.2. The van der Waals surface area contributed by atoms with Gasteiger partial charge in [0.1, 0.15) is 5.75 Å². The Morgan fingerprint density at radius 3 is 2.66 bits per heavy atom. The van der Waals surface area contributed by atoms with E-state index in [0.29, 0.717) is 18.0 Å². The van der Waals surface area contributed by atoms with E-state index in [2.05, 4.69) is 65.3 Å². The maximum atomic E-state index is 13.4. The average molecular weight is 461 g/mol. The molecule has 4 aromatic rings. The second kappa shape index (κ2) is 8.95. The van der Waals surface area contributed by atoms with E-state index in [0.717, 1.165) is 29.0 Å². The fourth-order valence-corrected chi connectivity index (χ4v) is 5.74. The Bertz CT molecular complexity index is 1430. The topological polar surface area (TPSA) is 50.4 Å². The number of para-hydroxylation sites is 1. The number of hydrogen-bond donors (Lipinski definition) is 2. The Labute approximate surface area is 205 Å². The fraction of sp³-hybridized carbons (Fsp3) is 0.194. The molecule has 2 aliphatic rings. The van der Waals surface area contributed by atoms with Crippen molar-refractivity contribution in [3.05, 3.63) is 119 Å². The molecule has 0 aromatic heterocycles. The first kappa shape index (κ1) is 21.5. The molecule has 0 saturated carbocycles. The maximum absolute atomic E-state index is 13.4. The molecule has 1 aliphatic carbocycles. The van der Waals surface area contributed by atoms with Crippen molar-refractivity contribution in [3.8, 4) is 5.75 Å². The molecule has 0 radical (unpaired) electrons. The SMILES string of the molecule is COc1ccc2ccccc2c1C1Nc2c(C(=O)NCc3ccccc3)cccc2C2C=CCC21. The van der Waals surface area contributed by atoms with Gasteiger partial charge in [-0.3, -0.25) is 4.79 Å². The molecule has 3 unspecified atom stereocenters. The highest BCUT2D eigenvalue weighted by molar-refractivity contribution is 6.01. The molecule has 1 amide bonds. The molecule has 4 heteroatoms. The summed E-state index contributed by atoms with van der Waals surface area (Å²) >= 11 is 0. The summed E-state index contributed by atoms with van der Waals surface area (Å²) in [5, 5.41) is 9.30. The van der Waals surface area contributed by atoms with Crippen molar-refractivity contribution in [2.75, 3.05) is 12.4 Å². The van der Waals surface area contributed by atoms with E-state index < -0.39 is 0 Å². The van der Waals surface area contributed by atoms with E-state index in [1.54, 1.807) is 7.11 Å². The number of carbonyl (C=O) groups excluding carboxylic acids is 1. The lowest BCUT2D eigenvalue weighted by atomic mass is 9.75.